The van der Waals surface area contributed by atoms with Gasteiger partial charge in [0.2, 0.25) is 5.91 Å². The van der Waals surface area contributed by atoms with Gasteiger partial charge in [0.15, 0.2) is 9.84 Å². The van der Waals surface area contributed by atoms with E-state index in [-0.39, 0.29) is 23.8 Å². The molecule has 0 spiro atoms. The van der Waals surface area contributed by atoms with Crippen LogP contribution in [0.1, 0.15) is 25.7 Å². The van der Waals surface area contributed by atoms with Gasteiger partial charge in [-0.2, -0.15) is 0 Å². The molecule has 0 aromatic rings. The van der Waals surface area contributed by atoms with Crippen molar-refractivity contribution in [3.63, 3.8) is 0 Å². The predicted molar refractivity (Wildman–Crippen MR) is 72.0 cm³/mol. The number of carbonyl (C=O) groups is 2. The van der Waals surface area contributed by atoms with Crippen LogP contribution in [0, 0.1) is 0 Å². The van der Waals surface area contributed by atoms with Gasteiger partial charge in [-0.05, 0) is 19.3 Å². The van der Waals surface area contributed by atoms with E-state index in [4.69, 9.17) is 5.11 Å². The molecule has 7 nitrogen and oxygen atoms in total. The van der Waals surface area contributed by atoms with E-state index in [1.165, 1.54) is 4.90 Å². The average molecular weight is 304 g/mol. The number of nitrogens with one attached hydrogen (secondary N) is 1. The number of amides is 1. The van der Waals surface area contributed by atoms with Gasteiger partial charge in [-0.25, -0.2) is 13.2 Å². The molecular weight excluding hydrogens is 284 g/mol. The molecule has 8 heteroatoms. The van der Waals surface area contributed by atoms with Crippen molar-refractivity contribution in [1.29, 1.82) is 0 Å². The summed E-state index contributed by atoms with van der Waals surface area (Å²) in [5, 5.41) is 12.2. The molecule has 2 saturated heterocycles. The number of rotatable bonds is 3. The summed E-state index contributed by atoms with van der Waals surface area (Å²) in [4.78, 5) is 24.8. The molecule has 0 aromatic carbocycles. The zero-order valence-electron chi connectivity index (χ0n) is 11.2. The number of carbonyl (C=O) groups excluding carboxylic acids is 1. The lowest BCUT2D eigenvalue weighted by molar-refractivity contribution is -0.152. The number of hydrogen-bond acceptors (Lipinski definition) is 5. The largest absolute Gasteiger partial charge is 0.480 e. The van der Waals surface area contributed by atoms with Gasteiger partial charge in [-0.3, -0.25) is 4.79 Å². The molecule has 2 rings (SSSR count). The van der Waals surface area contributed by atoms with E-state index in [9.17, 15) is 18.0 Å². The molecule has 1 amide bonds. The lowest BCUT2D eigenvalue weighted by atomic mass is 10.0. The van der Waals surface area contributed by atoms with Gasteiger partial charge < -0.3 is 15.3 Å². The van der Waals surface area contributed by atoms with Crippen molar-refractivity contribution in [2.45, 2.75) is 37.8 Å². The maximum absolute atomic E-state index is 12.2. The highest BCUT2D eigenvalue weighted by molar-refractivity contribution is 7.91. The lowest BCUT2D eigenvalue weighted by Gasteiger charge is -2.34. The van der Waals surface area contributed by atoms with E-state index in [1.807, 2.05) is 0 Å². The first-order chi connectivity index (χ1) is 9.39. The van der Waals surface area contributed by atoms with Gasteiger partial charge in [-0.1, -0.05) is 0 Å². The maximum atomic E-state index is 12.2. The number of piperidine rings is 1. The Balaban J connectivity index is 1.98. The maximum Gasteiger partial charge on any atom is 0.326 e. The highest BCUT2D eigenvalue weighted by Gasteiger charge is 2.34. The Morgan fingerprint density at radius 2 is 2.05 bits per heavy atom. The fraction of sp³-hybridized carbons (Fsp3) is 0.833. The molecule has 2 fully saturated rings. The SMILES string of the molecule is O=C(O)[C@H]1CCCCN1C(=O)CC1CS(=O)(=O)CCN1. The molecule has 0 bridgehead atoms. The molecule has 2 aliphatic rings. The van der Waals surface area contributed by atoms with Crippen LogP contribution in [0.15, 0.2) is 0 Å². The summed E-state index contributed by atoms with van der Waals surface area (Å²) in [6.45, 7) is 0.790. The standard InChI is InChI=1S/C12H20N2O5S/c15-11(7-9-8-20(18,19)6-4-13-9)14-5-2-1-3-10(14)12(16)17/h9-10,13H,1-8H2,(H,16,17)/t9?,10-/m1/s1. The van der Waals surface area contributed by atoms with E-state index in [1.54, 1.807) is 0 Å². The topological polar surface area (TPSA) is 104 Å². The van der Waals surface area contributed by atoms with E-state index in [2.05, 4.69) is 5.32 Å². The summed E-state index contributed by atoms with van der Waals surface area (Å²) in [6, 6.07) is -1.17. The second-order valence-electron chi connectivity index (χ2n) is 5.41. The number of carboxylic acids is 1. The second kappa shape index (κ2) is 6.09. The van der Waals surface area contributed by atoms with Crippen molar-refractivity contribution < 1.29 is 23.1 Å². The van der Waals surface area contributed by atoms with E-state index >= 15 is 0 Å². The second-order valence-corrected chi connectivity index (χ2v) is 7.64. The van der Waals surface area contributed by atoms with Gasteiger partial charge in [0.1, 0.15) is 6.04 Å². The van der Waals surface area contributed by atoms with Crippen molar-refractivity contribution in [2.75, 3.05) is 24.6 Å². The van der Waals surface area contributed by atoms with Crippen molar-refractivity contribution >= 4 is 21.7 Å². The van der Waals surface area contributed by atoms with Crippen LogP contribution in [-0.2, 0) is 19.4 Å². The van der Waals surface area contributed by atoms with Crippen molar-refractivity contribution in [3.05, 3.63) is 0 Å². The molecule has 2 atom stereocenters. The van der Waals surface area contributed by atoms with Gasteiger partial charge in [0.05, 0.1) is 11.5 Å². The Bertz CT molecular complexity index is 490. The summed E-state index contributed by atoms with van der Waals surface area (Å²) < 4.78 is 23.1. The smallest absolute Gasteiger partial charge is 0.326 e. The molecular formula is C12H20N2O5S. The molecule has 20 heavy (non-hydrogen) atoms. The first-order valence-electron chi connectivity index (χ1n) is 6.85. The fourth-order valence-corrected chi connectivity index (χ4v) is 4.26. The third kappa shape index (κ3) is 3.69. The molecule has 114 valence electrons. The van der Waals surface area contributed by atoms with Gasteiger partial charge >= 0.3 is 5.97 Å². The summed E-state index contributed by atoms with van der Waals surface area (Å²) in [5.41, 5.74) is 0. The first kappa shape index (κ1) is 15.2. The third-order valence-electron chi connectivity index (χ3n) is 3.83. The highest BCUT2D eigenvalue weighted by atomic mass is 32.2. The minimum Gasteiger partial charge on any atom is -0.480 e. The average Bonchev–Trinajstić information content (AvgIpc) is 2.37. The van der Waals surface area contributed by atoms with Crippen LogP contribution in [0.5, 0.6) is 0 Å². The van der Waals surface area contributed by atoms with Crippen LogP contribution in [0.4, 0.5) is 0 Å². The number of carboxylic acid groups (broad SMARTS) is 1. The molecule has 2 aliphatic heterocycles. The predicted octanol–water partition coefficient (Wildman–Crippen LogP) is -0.771. The quantitative estimate of drug-likeness (QED) is 0.709. The van der Waals surface area contributed by atoms with Gasteiger partial charge in [-0.15, -0.1) is 0 Å². The minimum atomic E-state index is -3.09. The normalized spacial score (nSPS) is 29.9. The fourth-order valence-electron chi connectivity index (χ4n) is 2.81. The molecule has 1 unspecified atom stereocenters. The van der Waals surface area contributed by atoms with Crippen molar-refractivity contribution in [3.8, 4) is 0 Å². The highest BCUT2D eigenvalue weighted by Crippen LogP contribution is 2.19. The number of aliphatic carboxylic acids is 1. The molecule has 0 radical (unpaired) electrons. The molecule has 0 saturated carbocycles. The zero-order valence-corrected chi connectivity index (χ0v) is 12.1. The van der Waals surface area contributed by atoms with Crippen molar-refractivity contribution in [2.24, 2.45) is 0 Å². The van der Waals surface area contributed by atoms with Crippen LogP contribution in [0.3, 0.4) is 0 Å². The third-order valence-corrected chi connectivity index (χ3v) is 5.57. The Labute approximate surface area is 118 Å². The Morgan fingerprint density at radius 3 is 2.70 bits per heavy atom. The van der Waals surface area contributed by atoms with E-state index < -0.39 is 27.9 Å². The van der Waals surface area contributed by atoms with Crippen LogP contribution in [0.2, 0.25) is 0 Å². The summed E-state index contributed by atoms with van der Waals surface area (Å²) in [7, 11) is -3.09. The molecule has 0 aliphatic carbocycles. The molecule has 2 heterocycles. The van der Waals surface area contributed by atoms with Crippen LogP contribution < -0.4 is 5.32 Å². The van der Waals surface area contributed by atoms with E-state index in [0.717, 1.165) is 12.8 Å². The summed E-state index contributed by atoms with van der Waals surface area (Å²) in [6.07, 6.45) is 2.11. The van der Waals surface area contributed by atoms with Gasteiger partial charge in [0, 0.05) is 25.6 Å². The number of likely N-dealkylation sites (tertiary alicyclic amines) is 1. The number of nitrogens with zero attached hydrogens (tertiary/aromatic N) is 1. The van der Waals surface area contributed by atoms with Crippen LogP contribution >= 0.6 is 0 Å². The van der Waals surface area contributed by atoms with Crippen LogP contribution in [0.25, 0.3) is 0 Å². The Morgan fingerprint density at radius 1 is 1.30 bits per heavy atom. The first-order valence-corrected chi connectivity index (χ1v) is 8.67. The van der Waals surface area contributed by atoms with E-state index in [0.29, 0.717) is 19.5 Å². The summed E-state index contributed by atoms with van der Waals surface area (Å²) >= 11 is 0. The molecule has 0 aromatic heterocycles. The Kier molecular flexibility index (Phi) is 4.64. The van der Waals surface area contributed by atoms with Crippen LogP contribution in [-0.4, -0.2) is 67.0 Å². The zero-order chi connectivity index (χ0) is 14.8. The van der Waals surface area contributed by atoms with Crippen molar-refractivity contribution in [1.82, 2.24) is 10.2 Å². The summed E-state index contributed by atoms with van der Waals surface area (Å²) in [5.74, 6) is -1.21. The van der Waals surface area contributed by atoms with Gasteiger partial charge in [0.25, 0.3) is 0 Å². The Hall–Kier alpha value is -1.15. The number of sulfone groups is 1. The monoisotopic (exact) mass is 304 g/mol. The number of hydrogen-bond donors (Lipinski definition) is 2. The lowest BCUT2D eigenvalue weighted by Crippen LogP contribution is -2.52. The molecule has 2 N–H and O–H groups in total. The minimum absolute atomic E-state index is 0.0447.